The van der Waals surface area contributed by atoms with Gasteiger partial charge in [-0.15, -0.1) is 0 Å². The van der Waals surface area contributed by atoms with Crippen LogP contribution in [0.3, 0.4) is 0 Å². The smallest absolute Gasteiger partial charge is 0.153 e. The van der Waals surface area contributed by atoms with E-state index in [1.54, 1.807) is 12.4 Å². The summed E-state index contributed by atoms with van der Waals surface area (Å²) in [6.45, 7) is 3.09. The van der Waals surface area contributed by atoms with Gasteiger partial charge in [0.2, 0.25) is 0 Å². The van der Waals surface area contributed by atoms with Gasteiger partial charge in [0.25, 0.3) is 0 Å². The number of hydrogen-bond donors (Lipinski definition) is 1. The summed E-state index contributed by atoms with van der Waals surface area (Å²) < 4.78 is 0. The molecule has 4 nitrogen and oxygen atoms in total. The molecule has 0 spiro atoms. The number of anilines is 3. The third-order valence-corrected chi connectivity index (χ3v) is 3.27. The maximum Gasteiger partial charge on any atom is 0.153 e. The molecule has 2 aromatic rings. The van der Waals surface area contributed by atoms with E-state index in [9.17, 15) is 0 Å². The van der Waals surface area contributed by atoms with Gasteiger partial charge in [-0.2, -0.15) is 0 Å². The number of benzene rings is 1. The molecule has 3 rings (SSSR count). The minimum absolute atomic E-state index is 0.465. The predicted molar refractivity (Wildman–Crippen MR) is 73.0 cm³/mol. The second kappa shape index (κ2) is 4.29. The van der Waals surface area contributed by atoms with E-state index in [1.165, 1.54) is 16.8 Å². The van der Waals surface area contributed by atoms with Crippen LogP contribution in [0.1, 0.15) is 17.5 Å². The highest BCUT2D eigenvalue weighted by atomic mass is 15.2. The number of aromatic nitrogens is 2. The Kier molecular flexibility index (Phi) is 2.63. The van der Waals surface area contributed by atoms with Crippen molar-refractivity contribution < 1.29 is 0 Å². The minimum atomic E-state index is 0.465. The summed E-state index contributed by atoms with van der Waals surface area (Å²) in [4.78, 5) is 10.7. The number of nitrogens with zero attached hydrogens (tertiary/aromatic N) is 3. The van der Waals surface area contributed by atoms with Gasteiger partial charge in [0.05, 0.1) is 12.4 Å². The van der Waals surface area contributed by atoms with E-state index in [4.69, 9.17) is 5.73 Å². The Morgan fingerprint density at radius 2 is 2.17 bits per heavy atom. The van der Waals surface area contributed by atoms with Gasteiger partial charge in [0.15, 0.2) is 5.82 Å². The molecule has 0 fully saturated rings. The molecule has 0 saturated heterocycles. The first kappa shape index (κ1) is 11.0. The largest absolute Gasteiger partial charge is 0.382 e. The standard InChI is InChI=1S/C14H16N4/c1-10-4-5-12-11(7-10)3-2-6-18(12)14-9-16-8-13(15)17-14/h4-5,7-9H,2-3,6H2,1H3,(H2,15,17). The van der Waals surface area contributed by atoms with Crippen LogP contribution >= 0.6 is 0 Å². The van der Waals surface area contributed by atoms with Crippen molar-refractivity contribution >= 4 is 17.3 Å². The molecular formula is C14H16N4. The van der Waals surface area contributed by atoms with Gasteiger partial charge in [0, 0.05) is 12.2 Å². The van der Waals surface area contributed by atoms with Gasteiger partial charge in [-0.25, -0.2) is 4.98 Å². The Labute approximate surface area is 106 Å². The predicted octanol–water partition coefficient (Wildman–Crippen LogP) is 2.45. The van der Waals surface area contributed by atoms with Crippen LogP contribution < -0.4 is 10.6 Å². The van der Waals surface area contributed by atoms with Crippen LogP contribution in [0.4, 0.5) is 17.3 Å². The molecule has 1 aliphatic heterocycles. The summed E-state index contributed by atoms with van der Waals surface area (Å²) in [5.41, 5.74) is 9.62. The third-order valence-electron chi connectivity index (χ3n) is 3.27. The molecule has 2 N–H and O–H groups in total. The van der Waals surface area contributed by atoms with Crippen LogP contribution in [0.2, 0.25) is 0 Å². The van der Waals surface area contributed by atoms with Crippen molar-refractivity contribution in [3.05, 3.63) is 41.7 Å². The van der Waals surface area contributed by atoms with Crippen molar-refractivity contribution in [3.63, 3.8) is 0 Å². The fraction of sp³-hybridized carbons (Fsp3) is 0.286. The van der Waals surface area contributed by atoms with E-state index in [0.717, 1.165) is 25.2 Å². The number of rotatable bonds is 1. The molecule has 0 unspecified atom stereocenters. The summed E-state index contributed by atoms with van der Waals surface area (Å²) in [6, 6.07) is 6.55. The van der Waals surface area contributed by atoms with Gasteiger partial charge >= 0.3 is 0 Å². The van der Waals surface area contributed by atoms with E-state index in [0.29, 0.717) is 5.82 Å². The molecule has 2 heterocycles. The number of nitrogens with two attached hydrogens (primary N) is 1. The topological polar surface area (TPSA) is 55.0 Å². The SMILES string of the molecule is Cc1ccc2c(c1)CCCN2c1cncc(N)n1. The van der Waals surface area contributed by atoms with Crippen molar-refractivity contribution in [2.75, 3.05) is 17.2 Å². The molecule has 1 aromatic carbocycles. The molecular weight excluding hydrogens is 224 g/mol. The highest BCUT2D eigenvalue weighted by Crippen LogP contribution is 2.32. The maximum atomic E-state index is 5.71. The molecule has 4 heteroatoms. The van der Waals surface area contributed by atoms with Crippen LogP contribution in [-0.2, 0) is 6.42 Å². The Morgan fingerprint density at radius 3 is 3.00 bits per heavy atom. The van der Waals surface area contributed by atoms with Gasteiger partial charge in [-0.1, -0.05) is 17.7 Å². The van der Waals surface area contributed by atoms with E-state index in [1.807, 2.05) is 0 Å². The van der Waals surface area contributed by atoms with E-state index in [2.05, 4.69) is 40.0 Å². The average molecular weight is 240 g/mol. The summed E-state index contributed by atoms with van der Waals surface area (Å²) in [5, 5.41) is 0. The molecule has 0 atom stereocenters. The van der Waals surface area contributed by atoms with Crippen LogP contribution in [0.5, 0.6) is 0 Å². The molecule has 0 bridgehead atoms. The number of aryl methyl sites for hydroxylation is 2. The zero-order chi connectivity index (χ0) is 12.5. The molecule has 0 amide bonds. The third kappa shape index (κ3) is 1.90. The first-order valence-corrected chi connectivity index (χ1v) is 6.18. The van der Waals surface area contributed by atoms with Crippen LogP contribution in [0, 0.1) is 6.92 Å². The fourth-order valence-corrected chi connectivity index (χ4v) is 2.46. The second-order valence-electron chi connectivity index (χ2n) is 4.69. The normalized spacial score (nSPS) is 14.4. The second-order valence-corrected chi connectivity index (χ2v) is 4.69. The van der Waals surface area contributed by atoms with E-state index in [-0.39, 0.29) is 0 Å². The minimum Gasteiger partial charge on any atom is -0.382 e. The Bertz CT molecular complexity index is 580. The van der Waals surface area contributed by atoms with Crippen molar-refractivity contribution in [3.8, 4) is 0 Å². The summed E-state index contributed by atoms with van der Waals surface area (Å²) in [7, 11) is 0. The maximum absolute atomic E-state index is 5.71. The lowest BCUT2D eigenvalue weighted by atomic mass is 10.00. The van der Waals surface area contributed by atoms with E-state index < -0.39 is 0 Å². The number of nitrogen functional groups attached to an aromatic ring is 1. The summed E-state index contributed by atoms with van der Waals surface area (Å²) >= 11 is 0. The Balaban J connectivity index is 2.06. The van der Waals surface area contributed by atoms with Crippen molar-refractivity contribution in [2.45, 2.75) is 19.8 Å². The fourth-order valence-electron chi connectivity index (χ4n) is 2.46. The zero-order valence-corrected chi connectivity index (χ0v) is 10.4. The number of hydrogen-bond acceptors (Lipinski definition) is 4. The lowest BCUT2D eigenvalue weighted by Gasteiger charge is -2.30. The van der Waals surface area contributed by atoms with Crippen LogP contribution in [0.15, 0.2) is 30.6 Å². The number of fused-ring (bicyclic) bond motifs is 1. The molecule has 0 aliphatic carbocycles. The lowest BCUT2D eigenvalue weighted by Crippen LogP contribution is -2.25. The van der Waals surface area contributed by atoms with Crippen molar-refractivity contribution in [2.24, 2.45) is 0 Å². The molecule has 1 aliphatic rings. The van der Waals surface area contributed by atoms with Crippen LogP contribution in [0.25, 0.3) is 0 Å². The van der Waals surface area contributed by atoms with Gasteiger partial charge in [-0.3, -0.25) is 4.98 Å². The van der Waals surface area contributed by atoms with E-state index >= 15 is 0 Å². The summed E-state index contributed by atoms with van der Waals surface area (Å²) in [6.07, 6.45) is 5.60. The molecule has 1 aromatic heterocycles. The monoisotopic (exact) mass is 240 g/mol. The highest BCUT2D eigenvalue weighted by Gasteiger charge is 2.19. The quantitative estimate of drug-likeness (QED) is 0.832. The average Bonchev–Trinajstić information content (AvgIpc) is 2.37. The Hall–Kier alpha value is -2.10. The molecule has 92 valence electrons. The highest BCUT2D eigenvalue weighted by molar-refractivity contribution is 5.66. The first-order chi connectivity index (χ1) is 8.74. The zero-order valence-electron chi connectivity index (χ0n) is 10.4. The van der Waals surface area contributed by atoms with Crippen LogP contribution in [-0.4, -0.2) is 16.5 Å². The Morgan fingerprint density at radius 1 is 1.28 bits per heavy atom. The summed E-state index contributed by atoms with van der Waals surface area (Å²) in [5.74, 6) is 1.30. The van der Waals surface area contributed by atoms with Crippen molar-refractivity contribution in [1.82, 2.24) is 9.97 Å². The molecule has 0 saturated carbocycles. The van der Waals surface area contributed by atoms with Crippen molar-refractivity contribution in [1.29, 1.82) is 0 Å². The van der Waals surface area contributed by atoms with Gasteiger partial charge in [-0.05, 0) is 31.4 Å². The lowest BCUT2D eigenvalue weighted by molar-refractivity contribution is 0.757. The van der Waals surface area contributed by atoms with Gasteiger partial charge in [0.1, 0.15) is 5.82 Å². The molecule has 0 radical (unpaired) electrons. The van der Waals surface area contributed by atoms with Gasteiger partial charge < -0.3 is 10.6 Å². The first-order valence-electron chi connectivity index (χ1n) is 6.18. The molecule has 18 heavy (non-hydrogen) atoms.